The third-order valence-corrected chi connectivity index (χ3v) is 6.27. The van der Waals surface area contributed by atoms with Crippen LogP contribution in [-0.4, -0.2) is 15.8 Å². The van der Waals surface area contributed by atoms with Crippen LogP contribution in [0.4, 0.5) is 10.8 Å². The average molecular weight is 458 g/mol. The normalized spacial score (nSPS) is 11.2. The molecule has 0 spiro atoms. The molecule has 0 aliphatic heterocycles. The lowest BCUT2D eigenvalue weighted by Crippen LogP contribution is -2.14. The molecule has 0 fully saturated rings. The maximum absolute atomic E-state index is 12.9. The lowest BCUT2D eigenvalue weighted by molar-refractivity contribution is -0.384. The number of nitrogens with zero attached hydrogens (tertiary/aromatic N) is 2. The molecule has 0 saturated carbocycles. The number of carbonyl (C=O) groups is 1. The van der Waals surface area contributed by atoms with Gasteiger partial charge in [0.2, 0.25) is 0 Å². The van der Waals surface area contributed by atoms with Gasteiger partial charge in [-0.2, -0.15) is 0 Å². The van der Waals surface area contributed by atoms with Crippen molar-refractivity contribution in [3.05, 3.63) is 100 Å². The molecule has 0 radical (unpaired) electrons. The molecular weight excluding hydrogens is 434 g/mol. The summed E-state index contributed by atoms with van der Waals surface area (Å²) in [6.07, 6.45) is 0. The number of thiazole rings is 1. The Bertz CT molecular complexity index is 1290. The fourth-order valence-corrected chi connectivity index (χ4v) is 4.37. The van der Waals surface area contributed by atoms with Gasteiger partial charge in [0.1, 0.15) is 0 Å². The molecule has 166 valence electrons. The Labute approximate surface area is 196 Å². The van der Waals surface area contributed by atoms with Crippen LogP contribution in [0.15, 0.2) is 78.9 Å². The van der Waals surface area contributed by atoms with Crippen LogP contribution in [-0.2, 0) is 5.41 Å². The summed E-state index contributed by atoms with van der Waals surface area (Å²) < 4.78 is 0. The predicted octanol–water partition coefficient (Wildman–Crippen LogP) is 6.94. The highest BCUT2D eigenvalue weighted by atomic mass is 32.1. The van der Waals surface area contributed by atoms with Crippen LogP contribution in [0.2, 0.25) is 0 Å². The molecule has 1 N–H and O–H groups in total. The second kappa shape index (κ2) is 8.96. The highest BCUT2D eigenvalue weighted by molar-refractivity contribution is 7.19. The Balaban J connectivity index is 1.66. The minimum atomic E-state index is -0.425. The molecule has 4 rings (SSSR count). The molecular formula is C26H23N3O3S. The van der Waals surface area contributed by atoms with Crippen molar-refractivity contribution in [3.63, 3.8) is 0 Å². The molecule has 0 atom stereocenters. The van der Waals surface area contributed by atoms with Gasteiger partial charge in [-0.1, -0.05) is 74.6 Å². The molecule has 0 saturated heterocycles. The molecule has 0 unspecified atom stereocenters. The third-order valence-electron chi connectivity index (χ3n) is 5.25. The molecule has 7 heteroatoms. The number of non-ortho nitro benzene ring substituents is 1. The van der Waals surface area contributed by atoms with Gasteiger partial charge in [0.05, 0.1) is 15.5 Å². The van der Waals surface area contributed by atoms with Gasteiger partial charge >= 0.3 is 0 Å². The van der Waals surface area contributed by atoms with E-state index in [0.29, 0.717) is 16.4 Å². The van der Waals surface area contributed by atoms with Crippen LogP contribution in [0.5, 0.6) is 0 Å². The van der Waals surface area contributed by atoms with E-state index >= 15 is 0 Å². The van der Waals surface area contributed by atoms with E-state index in [9.17, 15) is 14.9 Å². The van der Waals surface area contributed by atoms with E-state index in [-0.39, 0.29) is 17.0 Å². The SMILES string of the molecule is CC(C)(C)c1ccc(C(=O)Nc2nc(-c3ccccc3)c(-c3ccc([N+](=O)[O-])cc3)s2)cc1. The average Bonchev–Trinajstić information content (AvgIpc) is 3.23. The van der Waals surface area contributed by atoms with Crippen molar-refractivity contribution in [2.75, 3.05) is 5.32 Å². The van der Waals surface area contributed by atoms with Crippen molar-refractivity contribution in [2.24, 2.45) is 0 Å². The van der Waals surface area contributed by atoms with E-state index in [1.54, 1.807) is 12.1 Å². The van der Waals surface area contributed by atoms with Crippen molar-refractivity contribution >= 4 is 28.1 Å². The zero-order valence-electron chi connectivity index (χ0n) is 18.5. The lowest BCUT2D eigenvalue weighted by Gasteiger charge is -2.18. The van der Waals surface area contributed by atoms with Gasteiger partial charge < -0.3 is 0 Å². The molecule has 0 aliphatic carbocycles. The number of nitro groups is 1. The quantitative estimate of drug-likeness (QED) is 0.260. The van der Waals surface area contributed by atoms with E-state index in [2.05, 4.69) is 31.1 Å². The van der Waals surface area contributed by atoms with Gasteiger partial charge in [-0.15, -0.1) is 0 Å². The summed E-state index contributed by atoms with van der Waals surface area (Å²) in [5, 5.41) is 14.4. The number of aromatic nitrogens is 1. The maximum atomic E-state index is 12.9. The van der Waals surface area contributed by atoms with Gasteiger partial charge in [-0.25, -0.2) is 4.98 Å². The van der Waals surface area contributed by atoms with Crippen LogP contribution < -0.4 is 5.32 Å². The van der Waals surface area contributed by atoms with Gasteiger partial charge in [0, 0.05) is 23.3 Å². The fourth-order valence-electron chi connectivity index (χ4n) is 3.39. The molecule has 1 aromatic heterocycles. The van der Waals surface area contributed by atoms with Crippen LogP contribution in [0.3, 0.4) is 0 Å². The molecule has 1 heterocycles. The first-order valence-electron chi connectivity index (χ1n) is 10.5. The van der Waals surface area contributed by atoms with Gasteiger partial charge in [-0.3, -0.25) is 20.2 Å². The summed E-state index contributed by atoms with van der Waals surface area (Å²) in [6, 6.07) is 23.6. The van der Waals surface area contributed by atoms with Crippen molar-refractivity contribution in [1.82, 2.24) is 4.98 Å². The molecule has 33 heavy (non-hydrogen) atoms. The maximum Gasteiger partial charge on any atom is 0.269 e. The van der Waals surface area contributed by atoms with Crippen molar-refractivity contribution in [1.29, 1.82) is 0 Å². The summed E-state index contributed by atoms with van der Waals surface area (Å²) in [4.78, 5) is 29.0. The number of benzene rings is 3. The summed E-state index contributed by atoms with van der Waals surface area (Å²) in [5.41, 5.74) is 4.15. The summed E-state index contributed by atoms with van der Waals surface area (Å²) in [5.74, 6) is -0.237. The van der Waals surface area contributed by atoms with Crippen molar-refractivity contribution < 1.29 is 9.72 Å². The van der Waals surface area contributed by atoms with E-state index < -0.39 is 4.92 Å². The second-order valence-corrected chi connectivity index (χ2v) is 9.65. The number of amides is 1. The number of hydrogen-bond donors (Lipinski definition) is 1. The Kier molecular flexibility index (Phi) is 6.07. The Morgan fingerprint density at radius 3 is 2.12 bits per heavy atom. The van der Waals surface area contributed by atoms with Gasteiger partial charge in [-0.05, 0) is 40.8 Å². The van der Waals surface area contributed by atoms with Crippen molar-refractivity contribution in [3.8, 4) is 21.7 Å². The molecule has 0 aliphatic rings. The standard InChI is InChI=1S/C26H23N3O3S/c1-26(2,3)20-13-9-19(10-14-20)24(30)28-25-27-22(17-7-5-4-6-8-17)23(33-25)18-11-15-21(16-12-18)29(31)32/h4-16H,1-3H3,(H,27,28,30). The predicted molar refractivity (Wildman–Crippen MR) is 133 cm³/mol. The first kappa shape index (κ1) is 22.4. The third kappa shape index (κ3) is 4.99. The van der Waals surface area contributed by atoms with Gasteiger partial charge in [0.15, 0.2) is 5.13 Å². The van der Waals surface area contributed by atoms with Crippen LogP contribution in [0.1, 0.15) is 36.7 Å². The molecule has 6 nitrogen and oxygen atoms in total. The molecule has 4 aromatic rings. The Hall–Kier alpha value is -3.84. The highest BCUT2D eigenvalue weighted by Crippen LogP contribution is 2.39. The summed E-state index contributed by atoms with van der Waals surface area (Å²) >= 11 is 1.34. The minimum absolute atomic E-state index is 0.00849. The summed E-state index contributed by atoms with van der Waals surface area (Å²) in [7, 11) is 0. The van der Waals surface area contributed by atoms with Crippen LogP contribution in [0, 0.1) is 10.1 Å². The molecule has 0 bridgehead atoms. The number of anilines is 1. The van der Waals surface area contributed by atoms with Crippen LogP contribution in [0.25, 0.3) is 21.7 Å². The zero-order valence-corrected chi connectivity index (χ0v) is 19.3. The van der Waals surface area contributed by atoms with E-state index in [0.717, 1.165) is 21.6 Å². The van der Waals surface area contributed by atoms with E-state index in [1.807, 2.05) is 54.6 Å². The number of hydrogen-bond acceptors (Lipinski definition) is 5. The first-order chi connectivity index (χ1) is 15.7. The van der Waals surface area contributed by atoms with Gasteiger partial charge in [0.25, 0.3) is 11.6 Å². The number of carbonyl (C=O) groups excluding carboxylic acids is 1. The van der Waals surface area contributed by atoms with E-state index in [4.69, 9.17) is 0 Å². The topological polar surface area (TPSA) is 85.1 Å². The largest absolute Gasteiger partial charge is 0.298 e. The van der Waals surface area contributed by atoms with E-state index in [1.165, 1.54) is 23.5 Å². The fraction of sp³-hybridized carbons (Fsp3) is 0.154. The first-order valence-corrected chi connectivity index (χ1v) is 11.3. The highest BCUT2D eigenvalue weighted by Gasteiger charge is 2.19. The molecule has 1 amide bonds. The lowest BCUT2D eigenvalue weighted by atomic mass is 9.87. The summed E-state index contributed by atoms with van der Waals surface area (Å²) in [6.45, 7) is 6.38. The Morgan fingerprint density at radius 2 is 1.55 bits per heavy atom. The van der Waals surface area contributed by atoms with Crippen LogP contribution >= 0.6 is 11.3 Å². The minimum Gasteiger partial charge on any atom is -0.298 e. The number of nitro benzene ring substituents is 1. The van der Waals surface area contributed by atoms with Crippen molar-refractivity contribution in [2.45, 2.75) is 26.2 Å². The monoisotopic (exact) mass is 457 g/mol. The zero-order chi connectivity index (χ0) is 23.6. The number of nitrogens with one attached hydrogen (secondary N) is 1. The smallest absolute Gasteiger partial charge is 0.269 e. The number of rotatable bonds is 5. The molecule has 3 aromatic carbocycles. The Morgan fingerprint density at radius 1 is 0.909 bits per heavy atom. The second-order valence-electron chi connectivity index (χ2n) is 8.65.